The summed E-state index contributed by atoms with van der Waals surface area (Å²) in [7, 11) is -2.13. The van der Waals surface area contributed by atoms with Gasteiger partial charge in [0, 0.05) is 38.3 Å². The predicted octanol–water partition coefficient (Wildman–Crippen LogP) is 0.653. The molecule has 37 heavy (non-hydrogen) atoms. The molecule has 1 saturated heterocycles. The van der Waals surface area contributed by atoms with Crippen molar-refractivity contribution < 1.29 is 23.1 Å². The van der Waals surface area contributed by atoms with E-state index in [2.05, 4.69) is 10.3 Å². The van der Waals surface area contributed by atoms with Crippen LogP contribution >= 0.6 is 0 Å². The van der Waals surface area contributed by atoms with Crippen LogP contribution in [0.4, 0.5) is 0 Å². The van der Waals surface area contributed by atoms with Crippen LogP contribution in [0.5, 0.6) is 5.88 Å². The molecule has 3 aromatic rings. The topological polar surface area (TPSA) is 155 Å². The molecule has 2 N–H and O–H groups in total. The normalized spacial score (nSPS) is 17.1. The Labute approximate surface area is 213 Å². The van der Waals surface area contributed by atoms with Gasteiger partial charge in [0.05, 0.1) is 17.7 Å². The molecule has 3 heterocycles. The van der Waals surface area contributed by atoms with E-state index in [1.54, 1.807) is 30.3 Å². The minimum atomic E-state index is -3.63. The summed E-state index contributed by atoms with van der Waals surface area (Å²) in [5, 5.41) is 21.7. The molecule has 1 aliphatic heterocycles. The Kier molecular flexibility index (Phi) is 6.23. The number of aliphatic hydroxyl groups excluding tert-OH is 1. The molecule has 1 aliphatic carbocycles. The number of carbonyl (C=O) groups excluding carboxylic acids is 1. The summed E-state index contributed by atoms with van der Waals surface area (Å²) in [6, 6.07) is 11.9. The van der Waals surface area contributed by atoms with Crippen molar-refractivity contribution in [1.82, 2.24) is 19.2 Å². The average molecular weight is 524 g/mol. The Balaban J connectivity index is 1.35. The SMILES string of the molecule is Cn1c(=O)c(C(=O)NCc2ccc(C#N)cc2)cc2ccnc(OCC3(S(=O)(=O)N4CC(O)C4)CC3)c21. The van der Waals surface area contributed by atoms with Crippen molar-refractivity contribution in [3.63, 3.8) is 0 Å². The van der Waals surface area contributed by atoms with Crippen LogP contribution < -0.4 is 15.6 Å². The van der Waals surface area contributed by atoms with Crippen molar-refractivity contribution in [3.05, 3.63) is 69.6 Å². The smallest absolute Gasteiger partial charge is 0.263 e. The van der Waals surface area contributed by atoms with Crippen molar-refractivity contribution in [3.8, 4) is 11.9 Å². The third-order valence-corrected chi connectivity index (χ3v) is 9.47. The number of ether oxygens (including phenoxy) is 1. The van der Waals surface area contributed by atoms with Gasteiger partial charge in [-0.25, -0.2) is 13.4 Å². The highest BCUT2D eigenvalue weighted by Gasteiger charge is 2.59. The first kappa shape index (κ1) is 24.9. The molecular weight excluding hydrogens is 498 g/mol. The van der Waals surface area contributed by atoms with Crippen LogP contribution in [0.3, 0.4) is 0 Å². The fraction of sp³-hybridized carbons (Fsp3) is 0.360. The molecule has 192 valence electrons. The predicted molar refractivity (Wildman–Crippen MR) is 133 cm³/mol. The van der Waals surface area contributed by atoms with E-state index in [9.17, 15) is 23.1 Å². The minimum Gasteiger partial charge on any atom is -0.474 e. The standard InChI is InChI=1S/C25H25N5O6S/c1-29-21-18(10-20(24(29)33)22(32)28-12-17-4-2-16(11-26)3-5-17)6-9-27-23(21)36-15-25(7-8-25)37(34,35)30-13-19(31)14-30/h2-6,9-10,19,31H,7-8,12-15H2,1H3,(H,28,32). The molecule has 2 aromatic heterocycles. The molecule has 0 radical (unpaired) electrons. The number of hydrogen-bond acceptors (Lipinski definition) is 8. The Morgan fingerprint density at radius 3 is 2.59 bits per heavy atom. The number of fused-ring (bicyclic) bond motifs is 1. The van der Waals surface area contributed by atoms with Crippen LogP contribution in [0.15, 0.2) is 47.4 Å². The Hall–Kier alpha value is -3.79. The highest BCUT2D eigenvalue weighted by atomic mass is 32.2. The van der Waals surface area contributed by atoms with Crippen LogP contribution in [-0.4, -0.2) is 63.8 Å². The number of benzene rings is 1. The Morgan fingerprint density at radius 2 is 1.97 bits per heavy atom. The highest BCUT2D eigenvalue weighted by molar-refractivity contribution is 7.90. The highest BCUT2D eigenvalue weighted by Crippen LogP contribution is 2.46. The van der Waals surface area contributed by atoms with E-state index in [1.165, 1.54) is 28.2 Å². The Bertz CT molecular complexity index is 1580. The molecule has 0 bridgehead atoms. The Morgan fingerprint density at radius 1 is 1.27 bits per heavy atom. The third kappa shape index (κ3) is 4.46. The number of nitriles is 1. The number of aromatic nitrogens is 2. The molecular formula is C25H25N5O6S. The summed E-state index contributed by atoms with van der Waals surface area (Å²) in [4.78, 5) is 30.1. The number of rotatable bonds is 8. The largest absolute Gasteiger partial charge is 0.474 e. The first-order valence-electron chi connectivity index (χ1n) is 11.7. The summed E-state index contributed by atoms with van der Waals surface area (Å²) in [5.74, 6) is -0.447. The zero-order valence-electron chi connectivity index (χ0n) is 20.0. The lowest BCUT2D eigenvalue weighted by Gasteiger charge is -2.37. The zero-order chi connectivity index (χ0) is 26.4. The molecule has 2 aliphatic rings. The van der Waals surface area contributed by atoms with Gasteiger partial charge in [0.25, 0.3) is 11.5 Å². The molecule has 5 rings (SSSR count). The van der Waals surface area contributed by atoms with Crippen molar-refractivity contribution >= 4 is 26.8 Å². The van der Waals surface area contributed by atoms with Gasteiger partial charge in [0.15, 0.2) is 0 Å². The molecule has 1 saturated carbocycles. The summed E-state index contributed by atoms with van der Waals surface area (Å²) in [6.07, 6.45) is 1.71. The van der Waals surface area contributed by atoms with Gasteiger partial charge in [-0.15, -0.1) is 0 Å². The maximum atomic E-state index is 13.1. The molecule has 0 spiro atoms. The van der Waals surface area contributed by atoms with Gasteiger partial charge in [-0.3, -0.25) is 9.59 Å². The van der Waals surface area contributed by atoms with Gasteiger partial charge in [-0.1, -0.05) is 12.1 Å². The lowest BCUT2D eigenvalue weighted by Crippen LogP contribution is -2.57. The van der Waals surface area contributed by atoms with Gasteiger partial charge in [-0.2, -0.15) is 9.57 Å². The molecule has 0 atom stereocenters. The van der Waals surface area contributed by atoms with E-state index >= 15 is 0 Å². The molecule has 11 nitrogen and oxygen atoms in total. The lowest BCUT2D eigenvalue weighted by molar-refractivity contribution is 0.0533. The number of nitrogens with zero attached hydrogens (tertiary/aromatic N) is 4. The number of amides is 1. The summed E-state index contributed by atoms with van der Waals surface area (Å²) >= 11 is 0. The quantitative estimate of drug-likeness (QED) is 0.436. The first-order valence-corrected chi connectivity index (χ1v) is 13.2. The second-order valence-corrected chi connectivity index (χ2v) is 11.7. The van der Waals surface area contributed by atoms with Crippen molar-refractivity contribution in [1.29, 1.82) is 5.26 Å². The molecule has 12 heteroatoms. The van der Waals surface area contributed by atoms with Crippen molar-refractivity contribution in [2.75, 3.05) is 19.7 Å². The molecule has 2 fully saturated rings. The number of β-amino-alcohol motifs (C(OH)–C–C–N with tert-alkyl or cyclic N) is 1. The van der Waals surface area contributed by atoms with Gasteiger partial charge >= 0.3 is 0 Å². The van der Waals surface area contributed by atoms with Crippen LogP contribution in [0, 0.1) is 11.3 Å². The van der Waals surface area contributed by atoms with Gasteiger partial charge in [-0.05, 0) is 42.7 Å². The number of pyridine rings is 2. The van der Waals surface area contributed by atoms with Gasteiger partial charge in [0.1, 0.15) is 22.4 Å². The molecule has 0 unspecified atom stereocenters. The van der Waals surface area contributed by atoms with Gasteiger partial charge < -0.3 is 19.7 Å². The second-order valence-electron chi connectivity index (χ2n) is 9.42. The van der Waals surface area contributed by atoms with E-state index in [4.69, 9.17) is 10.00 Å². The summed E-state index contributed by atoms with van der Waals surface area (Å²) in [5.41, 5.74) is 1.03. The third-order valence-electron chi connectivity index (χ3n) is 6.87. The van der Waals surface area contributed by atoms with Crippen molar-refractivity contribution in [2.45, 2.75) is 30.2 Å². The fourth-order valence-electron chi connectivity index (χ4n) is 4.35. The van der Waals surface area contributed by atoms with E-state index in [-0.39, 0.29) is 37.7 Å². The second kappa shape index (κ2) is 9.26. The van der Waals surface area contributed by atoms with Crippen LogP contribution in [0.1, 0.15) is 34.3 Å². The minimum absolute atomic E-state index is 0.0571. The number of carbonyl (C=O) groups is 1. The number of sulfonamides is 1. The van der Waals surface area contributed by atoms with E-state index in [1.807, 2.05) is 6.07 Å². The number of hydrogen-bond donors (Lipinski definition) is 2. The van der Waals surface area contributed by atoms with Crippen LogP contribution in [0.2, 0.25) is 0 Å². The molecule has 1 amide bonds. The van der Waals surface area contributed by atoms with Crippen LogP contribution in [-0.2, 0) is 23.6 Å². The molecule has 1 aromatic carbocycles. The first-order chi connectivity index (χ1) is 17.6. The lowest BCUT2D eigenvalue weighted by atomic mass is 10.1. The average Bonchev–Trinajstić information content (AvgIpc) is 3.68. The maximum absolute atomic E-state index is 13.1. The van der Waals surface area contributed by atoms with E-state index in [0.29, 0.717) is 29.3 Å². The van der Waals surface area contributed by atoms with Crippen LogP contribution in [0.25, 0.3) is 10.9 Å². The maximum Gasteiger partial charge on any atom is 0.263 e. The number of aryl methyl sites for hydroxylation is 1. The van der Waals surface area contributed by atoms with Crippen molar-refractivity contribution in [2.24, 2.45) is 7.05 Å². The zero-order valence-corrected chi connectivity index (χ0v) is 20.9. The van der Waals surface area contributed by atoms with E-state index < -0.39 is 32.3 Å². The van der Waals surface area contributed by atoms with Gasteiger partial charge in [0.2, 0.25) is 15.9 Å². The monoisotopic (exact) mass is 523 g/mol. The summed E-state index contributed by atoms with van der Waals surface area (Å²) in [6.45, 7) is 0.221. The number of aliphatic hydroxyl groups is 1. The van der Waals surface area contributed by atoms with E-state index in [0.717, 1.165) is 5.56 Å². The number of nitrogens with one attached hydrogen (secondary N) is 1. The fourth-order valence-corrected chi connectivity index (χ4v) is 6.46. The summed E-state index contributed by atoms with van der Waals surface area (Å²) < 4.78 is 33.3.